The minimum atomic E-state index is -0.822. The number of carbonyl (C=O) groups is 2. The predicted octanol–water partition coefficient (Wildman–Crippen LogP) is 13.6. The van der Waals surface area contributed by atoms with E-state index in [4.69, 9.17) is 24.2 Å². The standard InChI is InChI=1S/C59H87F2N7O5S2/c1-57(2,3)36-53(69)64-26-16-18-49(64)54-62-45-32-41(43(60)34-51(45)66(54)37-71-28-30-74(10,11)12)47-24-25-48(68(47)40-22-20-39(21-23-40)58(4,5)6)42-33-46-52(35-44(42)61)67(38-72-29-31-75(13,14)15)55(63-46)50-19-17-27-65(50)56(70)73-59(7,8)9/h20-23,32-35,47-50H,16-19,24-31,36-38H2,1-15H3/t47-,48-,49+,50+/m1/s1. The summed E-state index contributed by atoms with van der Waals surface area (Å²) in [5, 5.41) is 0. The molecule has 3 aliphatic rings. The highest BCUT2D eigenvalue weighted by molar-refractivity contribution is 8.32. The molecule has 0 saturated carbocycles. The molecule has 0 radical (unpaired) electrons. The zero-order valence-corrected chi connectivity index (χ0v) is 49.4. The van der Waals surface area contributed by atoms with Gasteiger partial charge in [-0.2, -0.15) is 0 Å². The molecule has 3 saturated heterocycles. The first-order chi connectivity index (χ1) is 35.0. The van der Waals surface area contributed by atoms with E-state index in [1.54, 1.807) is 17.0 Å². The van der Waals surface area contributed by atoms with Crippen molar-refractivity contribution in [2.45, 2.75) is 156 Å². The molecule has 2 aromatic heterocycles. The summed E-state index contributed by atoms with van der Waals surface area (Å²) in [6, 6.07) is 13.7. The second-order valence-electron chi connectivity index (χ2n) is 26.3. The third-order valence-electron chi connectivity index (χ3n) is 14.8. The highest BCUT2D eigenvalue weighted by Crippen LogP contribution is 2.50. The third kappa shape index (κ3) is 13.3. The number of amides is 2. The third-order valence-corrected chi connectivity index (χ3v) is 17.6. The molecular formula is C59H87F2N7O5S2. The Morgan fingerprint density at radius 1 is 0.627 bits per heavy atom. The van der Waals surface area contributed by atoms with E-state index in [9.17, 15) is 9.59 Å². The molecule has 2 amide bonds. The average Bonchev–Trinajstić information content (AvgIpc) is 4.14. The molecule has 0 spiro atoms. The maximum absolute atomic E-state index is 17.5. The van der Waals surface area contributed by atoms with Crippen LogP contribution in [0.4, 0.5) is 19.3 Å². The first-order valence-corrected chi connectivity index (χ1v) is 33.1. The van der Waals surface area contributed by atoms with Crippen LogP contribution in [0.2, 0.25) is 0 Å². The molecule has 5 aromatic rings. The Morgan fingerprint density at radius 2 is 1.08 bits per heavy atom. The number of rotatable bonds is 16. The second kappa shape index (κ2) is 21.8. The van der Waals surface area contributed by atoms with E-state index in [0.29, 0.717) is 96.8 Å². The quantitative estimate of drug-likeness (QED) is 0.0900. The van der Waals surface area contributed by atoms with Crippen molar-refractivity contribution < 1.29 is 32.6 Å². The lowest BCUT2D eigenvalue weighted by Gasteiger charge is -2.34. The van der Waals surface area contributed by atoms with Crippen LogP contribution >= 0.6 is 20.1 Å². The van der Waals surface area contributed by atoms with E-state index in [-0.39, 0.29) is 53.9 Å². The SMILES string of the molecule is CC(C)(C)CC(=O)N1CCC[C@H]1c1nc2cc([C@H]3CC[C@H](c4cc5nc([C@@H]6CCCN6C(=O)OC(C)(C)C)n(COCCS(C)(C)C)c5cc4F)N3c3ccc(C(C)(C)C)cc3)c(F)cc2n1COCCS(C)(C)C. The van der Waals surface area contributed by atoms with Gasteiger partial charge in [-0.3, -0.25) is 9.69 Å². The van der Waals surface area contributed by atoms with Crippen LogP contribution in [0.1, 0.15) is 160 Å². The molecule has 8 rings (SSSR count). The first kappa shape index (κ1) is 56.8. The fourth-order valence-corrected chi connectivity index (χ4v) is 12.2. The minimum Gasteiger partial charge on any atom is -0.444 e. The number of aromatic nitrogens is 4. The van der Waals surface area contributed by atoms with Crippen LogP contribution in [0.5, 0.6) is 0 Å². The normalized spacial score (nSPS) is 20.6. The molecule has 0 unspecified atom stereocenters. The van der Waals surface area contributed by atoms with Gasteiger partial charge in [-0.25, -0.2) is 43.6 Å². The topological polar surface area (TPSA) is 107 Å². The molecule has 75 heavy (non-hydrogen) atoms. The smallest absolute Gasteiger partial charge is 0.410 e. The predicted molar refractivity (Wildman–Crippen MR) is 307 cm³/mol. The van der Waals surface area contributed by atoms with Gasteiger partial charge >= 0.3 is 6.09 Å². The number of hydrogen-bond donors (Lipinski definition) is 0. The van der Waals surface area contributed by atoms with E-state index in [2.05, 4.69) is 108 Å². The number of fused-ring (bicyclic) bond motifs is 2. The number of benzene rings is 3. The zero-order chi connectivity index (χ0) is 54.6. The highest BCUT2D eigenvalue weighted by Gasteiger charge is 2.42. The Balaban J connectivity index is 1.21. The molecule has 4 atom stereocenters. The van der Waals surface area contributed by atoms with Crippen LogP contribution in [0, 0.1) is 17.0 Å². The van der Waals surface area contributed by atoms with Crippen molar-refractivity contribution >= 4 is 59.8 Å². The van der Waals surface area contributed by atoms with Crippen LogP contribution in [0.15, 0.2) is 48.5 Å². The summed E-state index contributed by atoms with van der Waals surface area (Å²) < 4.78 is 57.4. The van der Waals surface area contributed by atoms with Crippen molar-refractivity contribution in [1.82, 2.24) is 28.9 Å². The zero-order valence-electron chi connectivity index (χ0n) is 47.8. The summed E-state index contributed by atoms with van der Waals surface area (Å²) in [6.45, 7) is 21.0. The second-order valence-corrected chi connectivity index (χ2v) is 35.5. The lowest BCUT2D eigenvalue weighted by molar-refractivity contribution is -0.134. The molecule has 3 aliphatic heterocycles. The fraction of sp³-hybridized carbons (Fsp3) is 0.627. The maximum atomic E-state index is 17.5. The highest BCUT2D eigenvalue weighted by atomic mass is 32.3. The largest absolute Gasteiger partial charge is 0.444 e. The molecule has 414 valence electrons. The molecule has 0 bridgehead atoms. The van der Waals surface area contributed by atoms with E-state index in [0.717, 1.165) is 42.0 Å². The Labute approximate surface area is 449 Å². The van der Waals surface area contributed by atoms with Crippen LogP contribution in [0.3, 0.4) is 0 Å². The molecule has 5 heterocycles. The fourth-order valence-electron chi connectivity index (χ4n) is 11.0. The van der Waals surface area contributed by atoms with Gasteiger partial charge in [-0.1, -0.05) is 53.7 Å². The van der Waals surface area contributed by atoms with Crippen LogP contribution < -0.4 is 4.90 Å². The Hall–Kier alpha value is -4.38. The lowest BCUT2D eigenvalue weighted by atomic mass is 9.87. The van der Waals surface area contributed by atoms with Crippen molar-refractivity contribution in [2.75, 3.05) is 80.2 Å². The summed E-state index contributed by atoms with van der Waals surface area (Å²) >= 11 is 0. The maximum Gasteiger partial charge on any atom is 0.410 e. The van der Waals surface area contributed by atoms with E-state index in [1.165, 1.54) is 0 Å². The lowest BCUT2D eigenvalue weighted by Crippen LogP contribution is -2.37. The van der Waals surface area contributed by atoms with Crippen molar-refractivity contribution in [3.05, 3.63) is 88.5 Å². The number of halogens is 2. The van der Waals surface area contributed by atoms with Crippen LogP contribution in [-0.2, 0) is 37.9 Å². The van der Waals surface area contributed by atoms with Crippen molar-refractivity contribution in [2.24, 2.45) is 5.41 Å². The van der Waals surface area contributed by atoms with Crippen molar-refractivity contribution in [3.8, 4) is 0 Å². The minimum absolute atomic E-state index is 0.0952. The van der Waals surface area contributed by atoms with Gasteiger partial charge in [-0.15, -0.1) is 0 Å². The van der Waals surface area contributed by atoms with Crippen LogP contribution in [-0.4, -0.2) is 122 Å². The van der Waals surface area contributed by atoms with Gasteiger partial charge in [0.25, 0.3) is 0 Å². The molecule has 3 fully saturated rings. The molecule has 0 aliphatic carbocycles. The Morgan fingerprint density at radius 3 is 1.51 bits per heavy atom. The van der Waals surface area contributed by atoms with Gasteiger partial charge in [0.1, 0.15) is 42.3 Å². The summed E-state index contributed by atoms with van der Waals surface area (Å²) in [6.07, 6.45) is 17.7. The molecule has 3 aromatic carbocycles. The average molecular weight is 1080 g/mol. The van der Waals surface area contributed by atoms with Gasteiger partial charge in [0.05, 0.1) is 59.4 Å². The summed E-state index contributed by atoms with van der Waals surface area (Å²) in [4.78, 5) is 44.0. The van der Waals surface area contributed by atoms with Gasteiger partial charge in [-0.05, 0) is 137 Å². The number of imidazole rings is 2. The monoisotopic (exact) mass is 1080 g/mol. The van der Waals surface area contributed by atoms with Crippen molar-refractivity contribution in [3.63, 3.8) is 0 Å². The van der Waals surface area contributed by atoms with Gasteiger partial charge < -0.3 is 33.1 Å². The molecular weight excluding hydrogens is 989 g/mol. The summed E-state index contributed by atoms with van der Waals surface area (Å²) in [5.74, 6) is 2.53. The van der Waals surface area contributed by atoms with E-state index >= 15 is 8.78 Å². The summed E-state index contributed by atoms with van der Waals surface area (Å²) in [5.41, 5.74) is 4.45. The van der Waals surface area contributed by atoms with Gasteiger partial charge in [0.15, 0.2) is 0 Å². The number of anilines is 1. The number of carbonyl (C=O) groups excluding carboxylic acids is 2. The van der Waals surface area contributed by atoms with Crippen LogP contribution in [0.25, 0.3) is 22.1 Å². The number of ether oxygens (including phenoxy) is 3. The molecule has 12 nitrogen and oxygen atoms in total. The molecule has 16 heteroatoms. The summed E-state index contributed by atoms with van der Waals surface area (Å²) in [7, 11) is -1.63. The van der Waals surface area contributed by atoms with Gasteiger partial charge in [0.2, 0.25) is 5.91 Å². The number of likely N-dealkylation sites (tertiary alicyclic amines) is 2. The van der Waals surface area contributed by atoms with E-state index < -0.39 is 43.8 Å². The van der Waals surface area contributed by atoms with E-state index in [1.807, 2.05) is 46.9 Å². The number of hydrogen-bond acceptors (Lipinski definition) is 8. The van der Waals surface area contributed by atoms with Crippen molar-refractivity contribution in [1.29, 1.82) is 0 Å². The first-order valence-electron chi connectivity index (χ1n) is 27.0. The Bertz CT molecular complexity index is 2690. The Kier molecular flexibility index (Phi) is 16.5. The molecule has 0 N–H and O–H groups in total. The number of nitrogens with zero attached hydrogens (tertiary/aromatic N) is 7. The van der Waals surface area contributed by atoms with Gasteiger partial charge in [0, 0.05) is 60.0 Å².